The molecule has 24 heavy (non-hydrogen) atoms. The molecule has 1 N–H and O–H groups in total. The van der Waals surface area contributed by atoms with E-state index in [1.165, 1.54) is 27.6 Å². The zero-order chi connectivity index (χ0) is 17.0. The maximum atomic E-state index is 12.8. The number of fused-ring (bicyclic) bond motifs is 2. The predicted molar refractivity (Wildman–Crippen MR) is 97.8 cm³/mol. The molecular weight excluding hydrogens is 298 g/mol. The Bertz CT molecular complexity index is 833. The third-order valence-corrected chi connectivity index (χ3v) is 5.71. The molecule has 4 heteroatoms. The highest BCUT2D eigenvalue weighted by molar-refractivity contribution is 5.99. The van der Waals surface area contributed by atoms with E-state index in [0.29, 0.717) is 6.04 Å². The van der Waals surface area contributed by atoms with Crippen LogP contribution in [0.3, 0.4) is 0 Å². The summed E-state index contributed by atoms with van der Waals surface area (Å²) in [6, 6.07) is 7.03. The molecule has 4 rings (SSSR count). The van der Waals surface area contributed by atoms with Crippen molar-refractivity contribution in [2.45, 2.75) is 32.4 Å². The van der Waals surface area contributed by atoms with Gasteiger partial charge >= 0.3 is 0 Å². The van der Waals surface area contributed by atoms with E-state index in [9.17, 15) is 4.79 Å². The van der Waals surface area contributed by atoms with E-state index < -0.39 is 0 Å². The number of aromatic nitrogens is 1. The van der Waals surface area contributed by atoms with E-state index in [4.69, 9.17) is 0 Å². The summed E-state index contributed by atoms with van der Waals surface area (Å²) in [6.07, 6.45) is 5.39. The van der Waals surface area contributed by atoms with Gasteiger partial charge in [0.1, 0.15) is 0 Å². The molecular formula is C20H25N3O. The molecule has 1 aliphatic carbocycles. The maximum absolute atomic E-state index is 12.8. The van der Waals surface area contributed by atoms with Crippen LogP contribution in [0.5, 0.6) is 0 Å². The van der Waals surface area contributed by atoms with Crippen LogP contribution in [0.4, 0.5) is 0 Å². The first kappa shape index (κ1) is 15.5. The van der Waals surface area contributed by atoms with Crippen molar-refractivity contribution in [1.82, 2.24) is 14.8 Å². The average Bonchev–Trinajstić information content (AvgIpc) is 2.99. The van der Waals surface area contributed by atoms with E-state index in [0.717, 1.165) is 13.0 Å². The molecule has 1 aromatic carbocycles. The molecule has 2 aliphatic rings. The number of carbonyl (C=O) groups excluding carboxylic acids is 1. The number of benzene rings is 1. The van der Waals surface area contributed by atoms with Crippen LogP contribution in [0, 0.1) is 5.92 Å². The first-order chi connectivity index (χ1) is 11.5. The van der Waals surface area contributed by atoms with Gasteiger partial charge in [0.15, 0.2) is 0 Å². The highest BCUT2D eigenvalue weighted by atomic mass is 16.2. The van der Waals surface area contributed by atoms with E-state index in [2.05, 4.69) is 61.3 Å². The summed E-state index contributed by atoms with van der Waals surface area (Å²) in [5.41, 5.74) is 5.18. The summed E-state index contributed by atoms with van der Waals surface area (Å²) < 4.78 is 0. The number of nitrogens with zero attached hydrogens (tertiary/aromatic N) is 2. The molecule has 1 aromatic heterocycles. The first-order valence-corrected chi connectivity index (χ1v) is 8.75. The summed E-state index contributed by atoms with van der Waals surface area (Å²) in [7, 11) is 4.05. The van der Waals surface area contributed by atoms with Crippen LogP contribution in [0.25, 0.3) is 16.5 Å². The van der Waals surface area contributed by atoms with Crippen molar-refractivity contribution in [2.75, 3.05) is 20.6 Å². The van der Waals surface area contributed by atoms with Crippen molar-refractivity contribution in [3.8, 4) is 0 Å². The molecule has 2 unspecified atom stereocenters. The summed E-state index contributed by atoms with van der Waals surface area (Å²) in [5, 5.41) is 1.33. The Morgan fingerprint density at radius 2 is 2.17 bits per heavy atom. The Hall–Kier alpha value is -2.07. The lowest BCUT2D eigenvalue weighted by Gasteiger charge is -2.40. The van der Waals surface area contributed by atoms with Crippen LogP contribution >= 0.6 is 0 Å². The number of aromatic amines is 1. The van der Waals surface area contributed by atoms with Gasteiger partial charge in [-0.3, -0.25) is 9.69 Å². The highest BCUT2D eigenvalue weighted by Crippen LogP contribution is 2.40. The first-order valence-electron chi connectivity index (χ1n) is 8.75. The molecule has 2 heterocycles. The zero-order valence-corrected chi connectivity index (χ0v) is 14.8. The van der Waals surface area contributed by atoms with Crippen molar-refractivity contribution in [3.63, 3.8) is 0 Å². The minimum Gasteiger partial charge on any atom is -0.361 e. The van der Waals surface area contributed by atoms with Gasteiger partial charge in [-0.1, -0.05) is 18.2 Å². The van der Waals surface area contributed by atoms with Gasteiger partial charge in [-0.05, 0) is 50.1 Å². The summed E-state index contributed by atoms with van der Waals surface area (Å²) in [5.74, 6) is 0.152. The van der Waals surface area contributed by atoms with E-state index in [1.54, 1.807) is 0 Å². The lowest BCUT2D eigenvalue weighted by atomic mass is 9.79. The number of amides is 1. The predicted octanol–water partition coefficient (Wildman–Crippen LogP) is 2.90. The van der Waals surface area contributed by atoms with Crippen LogP contribution in [0.15, 0.2) is 30.5 Å². The number of hydrogen-bond acceptors (Lipinski definition) is 2. The molecule has 0 radical (unpaired) electrons. The largest absolute Gasteiger partial charge is 0.361 e. The Kier molecular flexibility index (Phi) is 3.53. The second kappa shape index (κ2) is 5.49. The van der Waals surface area contributed by atoms with Gasteiger partial charge in [0.25, 0.3) is 0 Å². The van der Waals surface area contributed by atoms with Crippen molar-refractivity contribution < 1.29 is 4.79 Å². The topological polar surface area (TPSA) is 39.3 Å². The Morgan fingerprint density at radius 3 is 2.92 bits per heavy atom. The average molecular weight is 323 g/mol. The van der Waals surface area contributed by atoms with Crippen molar-refractivity contribution in [1.29, 1.82) is 0 Å². The van der Waals surface area contributed by atoms with Crippen LogP contribution < -0.4 is 0 Å². The van der Waals surface area contributed by atoms with Crippen LogP contribution in [0.1, 0.15) is 25.0 Å². The molecule has 0 fully saturated rings. The smallest absolute Gasteiger partial charge is 0.230 e. The summed E-state index contributed by atoms with van der Waals surface area (Å²) in [6.45, 7) is 4.92. The van der Waals surface area contributed by atoms with Crippen molar-refractivity contribution in [2.24, 2.45) is 5.92 Å². The minimum atomic E-state index is -0.0654. The van der Waals surface area contributed by atoms with Gasteiger partial charge in [-0.15, -0.1) is 0 Å². The summed E-state index contributed by atoms with van der Waals surface area (Å²) >= 11 is 0. The third kappa shape index (κ3) is 2.20. The number of likely N-dealkylation sites (N-methyl/N-ethyl adjacent to an activating group) is 1. The second-order valence-electron chi connectivity index (χ2n) is 7.47. The van der Waals surface area contributed by atoms with E-state index in [-0.39, 0.29) is 17.9 Å². The summed E-state index contributed by atoms with van der Waals surface area (Å²) in [4.78, 5) is 20.4. The van der Waals surface area contributed by atoms with Gasteiger partial charge in [0.05, 0.1) is 5.92 Å². The Morgan fingerprint density at radius 1 is 1.38 bits per heavy atom. The minimum absolute atomic E-state index is 0.0654. The Labute approximate surface area is 143 Å². The molecule has 2 atom stereocenters. The molecule has 0 saturated carbocycles. The number of carbonyl (C=O) groups is 1. The molecule has 4 nitrogen and oxygen atoms in total. The molecule has 0 spiro atoms. The molecule has 0 bridgehead atoms. The number of H-pyrrole nitrogens is 1. The number of hydrogen-bond donors (Lipinski definition) is 1. The maximum Gasteiger partial charge on any atom is 0.230 e. The molecule has 1 aliphatic heterocycles. The molecule has 0 saturated heterocycles. The van der Waals surface area contributed by atoms with Crippen molar-refractivity contribution in [3.05, 3.63) is 41.6 Å². The van der Waals surface area contributed by atoms with E-state index >= 15 is 0 Å². The number of rotatable bonds is 2. The van der Waals surface area contributed by atoms with Gasteiger partial charge < -0.3 is 9.88 Å². The highest BCUT2D eigenvalue weighted by Gasteiger charge is 2.36. The Balaban J connectivity index is 1.80. The monoisotopic (exact) mass is 323 g/mol. The fraction of sp³-hybridized carbons (Fsp3) is 0.450. The lowest BCUT2D eigenvalue weighted by Crippen LogP contribution is -2.48. The van der Waals surface area contributed by atoms with Gasteiger partial charge in [-0.2, -0.15) is 0 Å². The molecule has 126 valence electrons. The van der Waals surface area contributed by atoms with E-state index in [1.807, 2.05) is 11.9 Å². The normalized spacial score (nSPS) is 23.3. The second-order valence-corrected chi connectivity index (χ2v) is 7.47. The van der Waals surface area contributed by atoms with Gasteiger partial charge in [0, 0.05) is 42.8 Å². The van der Waals surface area contributed by atoms with Gasteiger partial charge in [-0.25, -0.2) is 0 Å². The van der Waals surface area contributed by atoms with Crippen LogP contribution in [-0.4, -0.2) is 53.4 Å². The molecule has 2 aromatic rings. The van der Waals surface area contributed by atoms with Crippen LogP contribution in [0.2, 0.25) is 0 Å². The lowest BCUT2D eigenvalue weighted by molar-refractivity contribution is -0.134. The standard InChI is InChI=1S/C20H25N3O/c1-12(2)23(4)20(24)14-8-16-15-6-5-7-17-19(15)13(10-21-17)9-18(16)22(3)11-14/h5-8,10,12,14,18,21H,9,11H2,1-4H3. The van der Waals surface area contributed by atoms with Crippen LogP contribution in [-0.2, 0) is 11.2 Å². The SMILES string of the molecule is CC(C)N(C)C(=O)C1C=C2c3cccc4[nH]cc(c34)CC2N(C)C1. The van der Waals surface area contributed by atoms with Crippen molar-refractivity contribution >= 4 is 22.4 Å². The molecule has 1 amide bonds. The zero-order valence-electron chi connectivity index (χ0n) is 14.8. The fourth-order valence-corrected chi connectivity index (χ4v) is 4.12. The van der Waals surface area contributed by atoms with Gasteiger partial charge in [0.2, 0.25) is 5.91 Å². The number of nitrogens with one attached hydrogen (secondary N) is 1. The third-order valence-electron chi connectivity index (χ3n) is 5.71. The quantitative estimate of drug-likeness (QED) is 0.923. The fourth-order valence-electron chi connectivity index (χ4n) is 4.12.